The second-order valence-electron chi connectivity index (χ2n) is 3.25. The van der Waals surface area contributed by atoms with E-state index in [-0.39, 0.29) is 6.42 Å². The predicted molar refractivity (Wildman–Crippen MR) is 52.8 cm³/mol. The van der Waals surface area contributed by atoms with E-state index in [1.54, 1.807) is 0 Å². The van der Waals surface area contributed by atoms with Gasteiger partial charge in [-0.05, 0) is 30.7 Å². The predicted octanol–water partition coefficient (Wildman–Crippen LogP) is 1.76. The van der Waals surface area contributed by atoms with Gasteiger partial charge < -0.3 is 10.2 Å². The normalized spacial score (nSPS) is 15.2. The molecule has 0 radical (unpaired) electrons. The van der Waals surface area contributed by atoms with Crippen LogP contribution in [0.1, 0.15) is 12.5 Å². The first-order valence-corrected chi connectivity index (χ1v) is 4.68. The third-order valence-corrected chi connectivity index (χ3v) is 2.23. The highest BCUT2D eigenvalue weighted by atomic mass is 35.5. The van der Waals surface area contributed by atoms with Crippen molar-refractivity contribution in [3.8, 4) is 0 Å². The summed E-state index contributed by atoms with van der Waals surface area (Å²) in [5.41, 5.74) is 0.311. The molecule has 0 saturated carbocycles. The third-order valence-electron chi connectivity index (χ3n) is 1.99. The van der Waals surface area contributed by atoms with Crippen molar-refractivity contribution >= 4 is 11.6 Å². The van der Waals surface area contributed by atoms with Gasteiger partial charge in [0.2, 0.25) is 0 Å². The van der Waals surface area contributed by atoms with Crippen LogP contribution in [0.3, 0.4) is 0 Å². The van der Waals surface area contributed by atoms with E-state index in [1.807, 2.05) is 0 Å². The van der Waals surface area contributed by atoms with Crippen LogP contribution in [-0.4, -0.2) is 22.4 Å². The van der Waals surface area contributed by atoms with Crippen molar-refractivity contribution in [1.29, 1.82) is 0 Å². The maximum atomic E-state index is 13.1. The highest BCUT2D eigenvalue weighted by molar-refractivity contribution is 6.30. The smallest absolute Gasteiger partial charge is 0.126 e. The standard InChI is InChI=1S/C10H12ClFO2/c1-6(13)10(14)5-7-4-8(11)2-3-9(7)12/h2-4,6,10,13-14H,5H2,1H3. The van der Waals surface area contributed by atoms with E-state index in [2.05, 4.69) is 0 Å². The summed E-state index contributed by atoms with van der Waals surface area (Å²) in [7, 11) is 0. The number of benzene rings is 1. The van der Waals surface area contributed by atoms with E-state index < -0.39 is 18.0 Å². The summed E-state index contributed by atoms with van der Waals surface area (Å²) in [5, 5.41) is 18.8. The summed E-state index contributed by atoms with van der Waals surface area (Å²) in [5.74, 6) is -0.422. The van der Waals surface area contributed by atoms with Gasteiger partial charge in [-0.1, -0.05) is 11.6 Å². The lowest BCUT2D eigenvalue weighted by Gasteiger charge is -2.13. The zero-order valence-corrected chi connectivity index (χ0v) is 8.50. The van der Waals surface area contributed by atoms with Crippen LogP contribution < -0.4 is 0 Å². The molecule has 2 atom stereocenters. The molecule has 1 aromatic carbocycles. The van der Waals surface area contributed by atoms with Crippen molar-refractivity contribution in [2.24, 2.45) is 0 Å². The van der Waals surface area contributed by atoms with E-state index >= 15 is 0 Å². The molecule has 1 aromatic rings. The Labute approximate surface area is 86.9 Å². The van der Waals surface area contributed by atoms with E-state index in [9.17, 15) is 9.50 Å². The minimum Gasteiger partial charge on any atom is -0.391 e. The number of hydrogen-bond donors (Lipinski definition) is 2. The molecule has 0 aliphatic heterocycles. The van der Waals surface area contributed by atoms with Crippen molar-refractivity contribution in [1.82, 2.24) is 0 Å². The average Bonchev–Trinajstić information content (AvgIpc) is 2.11. The first-order chi connectivity index (χ1) is 6.50. The van der Waals surface area contributed by atoms with Gasteiger partial charge >= 0.3 is 0 Å². The Morgan fingerprint density at radius 3 is 2.64 bits per heavy atom. The number of rotatable bonds is 3. The molecule has 2 nitrogen and oxygen atoms in total. The number of halogens is 2. The van der Waals surface area contributed by atoms with Crippen LogP contribution in [0.2, 0.25) is 5.02 Å². The highest BCUT2D eigenvalue weighted by Crippen LogP contribution is 2.17. The molecule has 0 aromatic heterocycles. The van der Waals surface area contributed by atoms with Crippen molar-refractivity contribution in [2.75, 3.05) is 0 Å². The molecular weight excluding hydrogens is 207 g/mol. The Hall–Kier alpha value is -0.640. The Balaban J connectivity index is 2.80. The minimum atomic E-state index is -0.969. The SMILES string of the molecule is CC(O)C(O)Cc1cc(Cl)ccc1F. The summed E-state index contributed by atoms with van der Waals surface area (Å²) in [6.07, 6.45) is -1.79. The fourth-order valence-corrected chi connectivity index (χ4v) is 1.29. The molecule has 0 aliphatic carbocycles. The van der Waals surface area contributed by atoms with Gasteiger partial charge in [-0.15, -0.1) is 0 Å². The molecule has 1 rings (SSSR count). The Kier molecular flexibility index (Phi) is 3.86. The monoisotopic (exact) mass is 218 g/mol. The van der Waals surface area contributed by atoms with Crippen LogP contribution in [-0.2, 0) is 6.42 Å². The lowest BCUT2D eigenvalue weighted by molar-refractivity contribution is 0.0315. The van der Waals surface area contributed by atoms with Crippen molar-refractivity contribution in [3.05, 3.63) is 34.6 Å². The molecule has 78 valence electrons. The fraction of sp³-hybridized carbons (Fsp3) is 0.400. The van der Waals surface area contributed by atoms with E-state index in [4.69, 9.17) is 16.7 Å². The molecular formula is C10H12ClFO2. The fourth-order valence-electron chi connectivity index (χ4n) is 1.10. The molecule has 0 bridgehead atoms. The van der Waals surface area contributed by atoms with E-state index in [0.717, 1.165) is 0 Å². The number of hydrogen-bond acceptors (Lipinski definition) is 2. The van der Waals surface area contributed by atoms with Crippen LogP contribution in [0.15, 0.2) is 18.2 Å². The van der Waals surface area contributed by atoms with Gasteiger partial charge in [0.25, 0.3) is 0 Å². The van der Waals surface area contributed by atoms with Crippen LogP contribution in [0.4, 0.5) is 4.39 Å². The largest absolute Gasteiger partial charge is 0.391 e. The van der Waals surface area contributed by atoms with Gasteiger partial charge in [-0.3, -0.25) is 0 Å². The zero-order valence-electron chi connectivity index (χ0n) is 7.74. The van der Waals surface area contributed by atoms with Crippen LogP contribution in [0, 0.1) is 5.82 Å². The molecule has 0 amide bonds. The average molecular weight is 219 g/mol. The highest BCUT2D eigenvalue weighted by Gasteiger charge is 2.14. The van der Waals surface area contributed by atoms with Gasteiger partial charge in [-0.2, -0.15) is 0 Å². The van der Waals surface area contributed by atoms with Gasteiger partial charge in [0.1, 0.15) is 5.82 Å². The molecule has 0 heterocycles. The topological polar surface area (TPSA) is 40.5 Å². The van der Waals surface area contributed by atoms with Crippen molar-refractivity contribution < 1.29 is 14.6 Å². The molecule has 2 unspecified atom stereocenters. The molecule has 4 heteroatoms. The molecule has 0 saturated heterocycles. The van der Waals surface area contributed by atoms with Crippen LogP contribution in [0.5, 0.6) is 0 Å². The van der Waals surface area contributed by atoms with Crippen molar-refractivity contribution in [2.45, 2.75) is 25.6 Å². The second-order valence-corrected chi connectivity index (χ2v) is 3.68. The summed E-state index contributed by atoms with van der Waals surface area (Å²) < 4.78 is 13.1. The zero-order chi connectivity index (χ0) is 10.7. The Morgan fingerprint density at radius 1 is 1.43 bits per heavy atom. The minimum absolute atomic E-state index is 0.0596. The van der Waals surface area contributed by atoms with Gasteiger partial charge in [-0.25, -0.2) is 4.39 Å². The van der Waals surface area contributed by atoms with Crippen LogP contribution >= 0.6 is 11.6 Å². The summed E-state index contributed by atoms with van der Waals surface area (Å²) in [6.45, 7) is 1.45. The van der Waals surface area contributed by atoms with E-state index in [1.165, 1.54) is 25.1 Å². The molecule has 0 fully saturated rings. The van der Waals surface area contributed by atoms with Crippen molar-refractivity contribution in [3.63, 3.8) is 0 Å². The Bertz CT molecular complexity index is 315. The Morgan fingerprint density at radius 2 is 2.07 bits per heavy atom. The van der Waals surface area contributed by atoms with Gasteiger partial charge in [0.15, 0.2) is 0 Å². The molecule has 0 aliphatic rings. The molecule has 2 N–H and O–H groups in total. The first-order valence-electron chi connectivity index (χ1n) is 4.30. The van der Waals surface area contributed by atoms with Crippen LogP contribution in [0.25, 0.3) is 0 Å². The molecule has 14 heavy (non-hydrogen) atoms. The second kappa shape index (κ2) is 4.73. The van der Waals surface area contributed by atoms with Gasteiger partial charge in [0.05, 0.1) is 12.2 Å². The van der Waals surface area contributed by atoms with E-state index in [0.29, 0.717) is 10.6 Å². The summed E-state index contributed by atoms with van der Waals surface area (Å²) in [6, 6.07) is 4.13. The number of aliphatic hydroxyl groups is 2. The lowest BCUT2D eigenvalue weighted by atomic mass is 10.0. The van der Waals surface area contributed by atoms with Gasteiger partial charge in [0, 0.05) is 11.4 Å². The number of aliphatic hydroxyl groups excluding tert-OH is 2. The third kappa shape index (κ3) is 2.94. The molecule has 0 spiro atoms. The maximum Gasteiger partial charge on any atom is 0.126 e. The summed E-state index contributed by atoms with van der Waals surface area (Å²) in [4.78, 5) is 0. The quantitative estimate of drug-likeness (QED) is 0.812. The summed E-state index contributed by atoms with van der Waals surface area (Å²) >= 11 is 5.67. The lowest BCUT2D eigenvalue weighted by Crippen LogP contribution is -2.25. The maximum absolute atomic E-state index is 13.1. The first kappa shape index (κ1) is 11.4.